The fourth-order valence-corrected chi connectivity index (χ4v) is 0.667. The summed E-state index contributed by atoms with van der Waals surface area (Å²) in [7, 11) is 0. The van der Waals surface area contributed by atoms with Crippen molar-refractivity contribution in [2.45, 2.75) is 38.9 Å². The standard InChI is InChI=1S/C7H13N3O.C2HF3O2/c1-4(2)6-9-7(5(3)8)11-10-6;3-2(4,5)1(6)7/h4-5H,8H2,1-3H3;(H,6,7). The van der Waals surface area contributed by atoms with E-state index in [0.29, 0.717) is 11.8 Å². The van der Waals surface area contributed by atoms with Crippen molar-refractivity contribution in [3.8, 4) is 0 Å². The number of carboxylic acids is 1. The lowest BCUT2D eigenvalue weighted by Gasteiger charge is -1.94. The first-order valence-electron chi connectivity index (χ1n) is 4.94. The van der Waals surface area contributed by atoms with Crippen molar-refractivity contribution in [1.82, 2.24) is 10.1 Å². The van der Waals surface area contributed by atoms with Gasteiger partial charge in [-0.05, 0) is 6.92 Å². The molecule has 0 aromatic carbocycles. The lowest BCUT2D eigenvalue weighted by atomic mass is 10.2. The number of carboxylic acid groups (broad SMARTS) is 1. The molecule has 0 bridgehead atoms. The SMILES string of the molecule is CC(C)c1noc(C(C)N)n1.O=C(O)C(F)(F)F. The third-order valence-electron chi connectivity index (χ3n) is 1.61. The number of halogens is 3. The van der Waals surface area contributed by atoms with Crippen LogP contribution in [0.3, 0.4) is 0 Å². The Morgan fingerprint density at radius 2 is 1.83 bits per heavy atom. The van der Waals surface area contributed by atoms with Gasteiger partial charge in [0.15, 0.2) is 5.82 Å². The molecular weight excluding hydrogens is 255 g/mol. The molecule has 1 atom stereocenters. The van der Waals surface area contributed by atoms with Gasteiger partial charge in [-0.15, -0.1) is 0 Å². The Balaban J connectivity index is 0.000000360. The maximum Gasteiger partial charge on any atom is 0.490 e. The summed E-state index contributed by atoms with van der Waals surface area (Å²) >= 11 is 0. The van der Waals surface area contributed by atoms with Crippen LogP contribution in [-0.4, -0.2) is 27.4 Å². The van der Waals surface area contributed by atoms with Gasteiger partial charge >= 0.3 is 12.1 Å². The van der Waals surface area contributed by atoms with E-state index in [9.17, 15) is 13.2 Å². The first kappa shape index (κ1) is 16.4. The van der Waals surface area contributed by atoms with E-state index in [1.165, 1.54) is 0 Å². The Kier molecular flexibility index (Phi) is 5.76. The lowest BCUT2D eigenvalue weighted by Crippen LogP contribution is -2.21. The summed E-state index contributed by atoms with van der Waals surface area (Å²) in [6.45, 7) is 5.84. The van der Waals surface area contributed by atoms with Gasteiger partial charge in [0.1, 0.15) is 0 Å². The van der Waals surface area contributed by atoms with Crippen molar-refractivity contribution >= 4 is 5.97 Å². The van der Waals surface area contributed by atoms with Crippen molar-refractivity contribution in [2.24, 2.45) is 5.73 Å². The zero-order valence-corrected chi connectivity index (χ0v) is 10.0. The van der Waals surface area contributed by atoms with Crippen molar-refractivity contribution in [1.29, 1.82) is 0 Å². The number of nitrogens with two attached hydrogens (primary N) is 1. The van der Waals surface area contributed by atoms with Gasteiger partial charge in [-0.1, -0.05) is 19.0 Å². The van der Waals surface area contributed by atoms with Gasteiger partial charge < -0.3 is 15.4 Å². The summed E-state index contributed by atoms with van der Waals surface area (Å²) in [4.78, 5) is 13.0. The number of hydrogen-bond acceptors (Lipinski definition) is 5. The number of carbonyl (C=O) groups is 1. The highest BCUT2D eigenvalue weighted by Crippen LogP contribution is 2.13. The predicted octanol–water partition coefficient (Wildman–Crippen LogP) is 1.85. The molecule has 0 saturated carbocycles. The van der Waals surface area contributed by atoms with Crippen LogP contribution in [-0.2, 0) is 4.79 Å². The predicted molar refractivity (Wildman–Crippen MR) is 54.7 cm³/mol. The maximum absolute atomic E-state index is 10.6. The van der Waals surface area contributed by atoms with Gasteiger partial charge in [0.05, 0.1) is 6.04 Å². The van der Waals surface area contributed by atoms with Crippen LogP contribution >= 0.6 is 0 Å². The van der Waals surface area contributed by atoms with Crippen LogP contribution in [0.5, 0.6) is 0 Å². The van der Waals surface area contributed by atoms with Gasteiger partial charge in [0.25, 0.3) is 0 Å². The molecule has 0 saturated heterocycles. The summed E-state index contributed by atoms with van der Waals surface area (Å²) < 4.78 is 36.6. The summed E-state index contributed by atoms with van der Waals surface area (Å²) in [5, 5.41) is 10.9. The molecule has 18 heavy (non-hydrogen) atoms. The van der Waals surface area contributed by atoms with Crippen molar-refractivity contribution in [2.75, 3.05) is 0 Å². The van der Waals surface area contributed by atoms with Crippen LogP contribution in [0.1, 0.15) is 44.4 Å². The Morgan fingerprint density at radius 3 is 2.00 bits per heavy atom. The molecule has 1 heterocycles. The van der Waals surface area contributed by atoms with Gasteiger partial charge in [-0.2, -0.15) is 18.2 Å². The molecular formula is C9H14F3N3O3. The van der Waals surface area contributed by atoms with E-state index in [2.05, 4.69) is 10.1 Å². The van der Waals surface area contributed by atoms with Crippen LogP contribution in [0.4, 0.5) is 13.2 Å². The van der Waals surface area contributed by atoms with Crippen LogP contribution in [0.25, 0.3) is 0 Å². The maximum atomic E-state index is 10.6. The molecule has 0 fully saturated rings. The fraction of sp³-hybridized carbons (Fsp3) is 0.667. The summed E-state index contributed by atoms with van der Waals surface area (Å²) in [5.74, 6) is -1.23. The van der Waals surface area contributed by atoms with E-state index in [-0.39, 0.29) is 6.04 Å². The molecule has 0 aliphatic heterocycles. The zero-order valence-electron chi connectivity index (χ0n) is 10.0. The normalized spacial score (nSPS) is 12.9. The second-order valence-electron chi connectivity index (χ2n) is 3.74. The largest absolute Gasteiger partial charge is 0.490 e. The third-order valence-corrected chi connectivity index (χ3v) is 1.61. The van der Waals surface area contributed by atoms with Gasteiger partial charge in [-0.25, -0.2) is 4.79 Å². The second-order valence-corrected chi connectivity index (χ2v) is 3.74. The smallest absolute Gasteiger partial charge is 0.475 e. The number of alkyl halides is 3. The molecule has 3 N–H and O–H groups in total. The minimum Gasteiger partial charge on any atom is -0.475 e. The monoisotopic (exact) mass is 269 g/mol. The summed E-state index contributed by atoms with van der Waals surface area (Å²) in [5.41, 5.74) is 5.53. The third kappa shape index (κ3) is 5.62. The Hall–Kier alpha value is -1.64. The van der Waals surface area contributed by atoms with Crippen LogP contribution in [0.2, 0.25) is 0 Å². The van der Waals surface area contributed by atoms with Crippen LogP contribution < -0.4 is 5.73 Å². The molecule has 6 nitrogen and oxygen atoms in total. The van der Waals surface area contributed by atoms with E-state index in [1.54, 1.807) is 0 Å². The quantitative estimate of drug-likeness (QED) is 0.849. The molecule has 0 aliphatic carbocycles. The molecule has 9 heteroatoms. The first-order valence-corrected chi connectivity index (χ1v) is 4.94. The summed E-state index contributed by atoms with van der Waals surface area (Å²) in [6, 6.07) is -0.171. The van der Waals surface area contributed by atoms with E-state index in [1.807, 2.05) is 20.8 Å². The highest BCUT2D eigenvalue weighted by molar-refractivity contribution is 5.73. The highest BCUT2D eigenvalue weighted by atomic mass is 19.4. The average Bonchev–Trinajstić information content (AvgIpc) is 2.65. The second kappa shape index (κ2) is 6.34. The highest BCUT2D eigenvalue weighted by Gasteiger charge is 2.38. The average molecular weight is 269 g/mol. The zero-order chi connectivity index (χ0) is 14.5. The topological polar surface area (TPSA) is 102 Å². The van der Waals surface area contributed by atoms with E-state index in [4.69, 9.17) is 20.2 Å². The number of aliphatic carboxylic acids is 1. The molecule has 1 aromatic heterocycles. The number of nitrogens with zero attached hydrogens (tertiary/aromatic N) is 2. The first-order chi connectivity index (χ1) is 8.05. The minimum atomic E-state index is -5.08. The molecule has 104 valence electrons. The number of rotatable bonds is 2. The molecule has 1 aromatic rings. The molecule has 1 rings (SSSR count). The van der Waals surface area contributed by atoms with Crippen molar-refractivity contribution < 1.29 is 27.6 Å². The molecule has 0 amide bonds. The van der Waals surface area contributed by atoms with E-state index < -0.39 is 12.1 Å². The van der Waals surface area contributed by atoms with Gasteiger partial charge in [-0.3, -0.25) is 0 Å². The van der Waals surface area contributed by atoms with E-state index >= 15 is 0 Å². The van der Waals surface area contributed by atoms with Crippen molar-refractivity contribution in [3.05, 3.63) is 11.7 Å². The summed E-state index contributed by atoms with van der Waals surface area (Å²) in [6.07, 6.45) is -5.08. The minimum absolute atomic E-state index is 0.171. The molecule has 0 aliphatic rings. The molecule has 1 unspecified atom stereocenters. The van der Waals surface area contributed by atoms with Crippen molar-refractivity contribution in [3.63, 3.8) is 0 Å². The Morgan fingerprint density at radius 1 is 1.39 bits per heavy atom. The fourth-order valence-electron chi connectivity index (χ4n) is 0.667. The Bertz CT molecular complexity index is 365. The molecule has 0 spiro atoms. The number of hydrogen-bond donors (Lipinski definition) is 2. The number of aromatic nitrogens is 2. The van der Waals surface area contributed by atoms with Crippen LogP contribution in [0, 0.1) is 0 Å². The van der Waals surface area contributed by atoms with Crippen LogP contribution in [0.15, 0.2) is 4.52 Å². The Labute approximate surface area is 101 Å². The van der Waals surface area contributed by atoms with E-state index in [0.717, 1.165) is 5.82 Å². The molecule has 0 radical (unpaired) electrons. The van der Waals surface area contributed by atoms with Gasteiger partial charge in [0, 0.05) is 5.92 Å². The lowest BCUT2D eigenvalue weighted by molar-refractivity contribution is -0.192. The van der Waals surface area contributed by atoms with Gasteiger partial charge in [0.2, 0.25) is 5.89 Å².